The van der Waals surface area contributed by atoms with Crippen molar-refractivity contribution in [1.29, 1.82) is 5.26 Å². The minimum Gasteiger partial charge on any atom is -0.198 e. The van der Waals surface area contributed by atoms with Gasteiger partial charge in [0.15, 0.2) is 0 Å². The molecule has 1 atom stereocenters. The smallest absolute Gasteiger partial charge is 0.0670 e. The van der Waals surface area contributed by atoms with Crippen LogP contribution in [0, 0.1) is 17.2 Å². The Bertz CT molecular complexity index is 281. The fourth-order valence-electron chi connectivity index (χ4n) is 0.935. The Morgan fingerprint density at radius 3 is 2.79 bits per heavy atom. The average Bonchev–Trinajstić information content (AvgIpc) is 2.15. The van der Waals surface area contributed by atoms with Gasteiger partial charge in [-0.15, -0.1) is 0 Å². The summed E-state index contributed by atoms with van der Waals surface area (Å²) in [5.74, 6) is 0.290. The van der Waals surface area contributed by atoms with Crippen LogP contribution < -0.4 is 0 Å². The van der Waals surface area contributed by atoms with E-state index in [1.165, 1.54) is 0 Å². The van der Waals surface area contributed by atoms with Crippen molar-refractivity contribution < 1.29 is 0 Å². The molecule has 0 amide bonds. The fourth-order valence-corrected chi connectivity index (χ4v) is 1.20. The highest BCUT2D eigenvalue weighted by atomic mass is 35.5. The van der Waals surface area contributed by atoms with Gasteiger partial charge in [0.05, 0.1) is 12.5 Å². The van der Waals surface area contributed by atoms with Crippen molar-refractivity contribution in [2.75, 3.05) is 0 Å². The number of halogens is 1. The zero-order chi connectivity index (χ0) is 11.0. The van der Waals surface area contributed by atoms with E-state index in [9.17, 15) is 0 Å². The Labute approximate surface area is 91.4 Å². The van der Waals surface area contributed by atoms with E-state index in [1.54, 1.807) is 0 Å². The van der Waals surface area contributed by atoms with E-state index >= 15 is 0 Å². The Morgan fingerprint density at radius 2 is 2.29 bits per heavy atom. The second-order valence-corrected chi connectivity index (χ2v) is 3.56. The third-order valence-corrected chi connectivity index (χ3v) is 2.11. The van der Waals surface area contributed by atoms with Crippen LogP contribution in [-0.2, 0) is 0 Å². The molecule has 0 aliphatic carbocycles. The molecule has 0 fully saturated rings. The van der Waals surface area contributed by atoms with Crippen molar-refractivity contribution in [3.8, 4) is 6.07 Å². The molecule has 0 aliphatic rings. The molecule has 0 bridgehead atoms. The van der Waals surface area contributed by atoms with Crippen molar-refractivity contribution in [2.24, 2.45) is 5.92 Å². The van der Waals surface area contributed by atoms with E-state index in [4.69, 9.17) is 16.9 Å². The maximum absolute atomic E-state index is 8.45. The second kappa shape index (κ2) is 7.41. The number of hydrogen-bond donors (Lipinski definition) is 0. The summed E-state index contributed by atoms with van der Waals surface area (Å²) in [5, 5.41) is 9.05. The van der Waals surface area contributed by atoms with E-state index in [1.807, 2.05) is 19.1 Å². The summed E-state index contributed by atoms with van der Waals surface area (Å²) in [5.41, 5.74) is 0.686. The second-order valence-electron chi connectivity index (χ2n) is 3.15. The van der Waals surface area contributed by atoms with Crippen LogP contribution in [-0.4, -0.2) is 0 Å². The maximum atomic E-state index is 8.45. The van der Waals surface area contributed by atoms with Crippen molar-refractivity contribution in [3.63, 3.8) is 0 Å². The van der Waals surface area contributed by atoms with E-state index in [-0.39, 0.29) is 5.92 Å². The lowest BCUT2D eigenvalue weighted by atomic mass is 10.1. The predicted octanol–water partition coefficient (Wildman–Crippen LogP) is 4.18. The largest absolute Gasteiger partial charge is 0.198 e. The molecule has 0 heterocycles. The number of hydrogen-bond acceptors (Lipinski definition) is 1. The highest BCUT2D eigenvalue weighted by Crippen LogP contribution is 2.18. The van der Waals surface area contributed by atoms with Crippen LogP contribution >= 0.6 is 11.6 Å². The van der Waals surface area contributed by atoms with Gasteiger partial charge in [0.1, 0.15) is 0 Å². The Balaban J connectivity index is 4.29. The third kappa shape index (κ3) is 5.61. The van der Waals surface area contributed by atoms with Crippen LogP contribution in [0.3, 0.4) is 0 Å². The predicted molar refractivity (Wildman–Crippen MR) is 61.9 cm³/mol. The molecule has 0 aromatic rings. The minimum atomic E-state index is 0.290. The van der Waals surface area contributed by atoms with Gasteiger partial charge >= 0.3 is 0 Å². The van der Waals surface area contributed by atoms with Crippen molar-refractivity contribution >= 4 is 11.6 Å². The van der Waals surface area contributed by atoms with Gasteiger partial charge in [0.25, 0.3) is 0 Å². The van der Waals surface area contributed by atoms with Gasteiger partial charge in [0, 0.05) is 5.03 Å². The van der Waals surface area contributed by atoms with Crippen molar-refractivity contribution in [3.05, 3.63) is 35.4 Å². The molecule has 0 saturated carbocycles. The van der Waals surface area contributed by atoms with Crippen molar-refractivity contribution in [2.45, 2.75) is 26.7 Å². The topological polar surface area (TPSA) is 23.8 Å². The molecular weight excluding hydrogens is 194 g/mol. The number of nitrogens with zero attached hydrogens (tertiary/aromatic N) is 1. The minimum absolute atomic E-state index is 0.290. The van der Waals surface area contributed by atoms with Crippen LogP contribution in [0.5, 0.6) is 0 Å². The van der Waals surface area contributed by atoms with Gasteiger partial charge in [-0.2, -0.15) is 5.26 Å². The molecular formula is C12H16ClN. The molecule has 0 rings (SSSR count). The van der Waals surface area contributed by atoms with Gasteiger partial charge in [-0.25, -0.2) is 0 Å². The highest BCUT2D eigenvalue weighted by molar-refractivity contribution is 6.31. The first-order chi connectivity index (χ1) is 6.61. The lowest BCUT2D eigenvalue weighted by Gasteiger charge is -2.02. The SMILES string of the molecule is C=C(CC#N)C(Cl)=CC(C)C=CCC. The Morgan fingerprint density at radius 1 is 1.64 bits per heavy atom. The summed E-state index contributed by atoms with van der Waals surface area (Å²) in [6.07, 6.45) is 7.41. The van der Waals surface area contributed by atoms with Gasteiger partial charge in [0.2, 0.25) is 0 Å². The van der Waals surface area contributed by atoms with Crippen LogP contribution in [0.4, 0.5) is 0 Å². The summed E-state index contributed by atoms with van der Waals surface area (Å²) < 4.78 is 0. The van der Waals surface area contributed by atoms with E-state index in [0.717, 1.165) is 6.42 Å². The average molecular weight is 210 g/mol. The molecule has 0 aliphatic heterocycles. The lowest BCUT2D eigenvalue weighted by molar-refractivity contribution is 0.925. The molecule has 0 radical (unpaired) electrons. The number of rotatable bonds is 5. The molecule has 0 aromatic carbocycles. The molecule has 0 N–H and O–H groups in total. The first-order valence-electron chi connectivity index (χ1n) is 4.70. The fraction of sp³-hybridized carbons (Fsp3) is 0.417. The molecule has 0 spiro atoms. The summed E-state index contributed by atoms with van der Waals surface area (Å²) in [6, 6.07) is 2.02. The number of allylic oxidation sites excluding steroid dienone is 5. The molecule has 1 nitrogen and oxygen atoms in total. The Kier molecular flexibility index (Phi) is 6.88. The van der Waals surface area contributed by atoms with Gasteiger partial charge < -0.3 is 0 Å². The summed E-state index contributed by atoms with van der Waals surface area (Å²) in [7, 11) is 0. The third-order valence-electron chi connectivity index (χ3n) is 1.71. The van der Waals surface area contributed by atoms with E-state index < -0.39 is 0 Å². The van der Waals surface area contributed by atoms with E-state index in [0.29, 0.717) is 17.0 Å². The van der Waals surface area contributed by atoms with Gasteiger partial charge in [-0.3, -0.25) is 0 Å². The van der Waals surface area contributed by atoms with Gasteiger partial charge in [-0.05, 0) is 17.9 Å². The highest BCUT2D eigenvalue weighted by Gasteiger charge is 2.00. The zero-order valence-electron chi connectivity index (χ0n) is 8.76. The normalized spacial score (nSPS) is 14.0. The van der Waals surface area contributed by atoms with Gasteiger partial charge in [-0.1, -0.05) is 50.3 Å². The summed E-state index contributed by atoms with van der Waals surface area (Å²) in [6.45, 7) is 7.87. The monoisotopic (exact) mass is 209 g/mol. The molecule has 1 unspecified atom stereocenters. The zero-order valence-corrected chi connectivity index (χ0v) is 9.51. The van der Waals surface area contributed by atoms with Crippen LogP contribution in [0.2, 0.25) is 0 Å². The quantitative estimate of drug-likeness (QED) is 0.492. The molecule has 76 valence electrons. The van der Waals surface area contributed by atoms with Crippen LogP contribution in [0.15, 0.2) is 35.4 Å². The molecule has 0 aromatic heterocycles. The standard InChI is InChI=1S/C12H16ClN/c1-4-5-6-10(2)9-12(13)11(3)7-8-14/h5-6,9-10H,3-4,7H2,1-2H3. The Hall–Kier alpha value is -1.00. The summed E-state index contributed by atoms with van der Waals surface area (Å²) in [4.78, 5) is 0. The van der Waals surface area contributed by atoms with E-state index in [2.05, 4.69) is 25.7 Å². The van der Waals surface area contributed by atoms with Crippen LogP contribution in [0.1, 0.15) is 26.7 Å². The van der Waals surface area contributed by atoms with Crippen molar-refractivity contribution in [1.82, 2.24) is 0 Å². The molecule has 14 heavy (non-hydrogen) atoms. The number of nitriles is 1. The first kappa shape index (κ1) is 13.0. The summed E-state index contributed by atoms with van der Waals surface area (Å²) >= 11 is 5.96. The molecule has 2 heteroatoms. The molecule has 0 saturated heterocycles. The first-order valence-corrected chi connectivity index (χ1v) is 5.08. The lowest BCUT2D eigenvalue weighted by Crippen LogP contribution is -1.87. The maximum Gasteiger partial charge on any atom is 0.0670 e. The van der Waals surface area contributed by atoms with Crippen LogP contribution in [0.25, 0.3) is 0 Å².